The topological polar surface area (TPSA) is 108 Å². The van der Waals surface area contributed by atoms with Crippen LogP contribution in [0.15, 0.2) is 18.2 Å². The van der Waals surface area contributed by atoms with Crippen molar-refractivity contribution in [1.29, 1.82) is 0 Å². The first-order valence-electron chi connectivity index (χ1n) is 9.17. The zero-order valence-electron chi connectivity index (χ0n) is 15.3. The molecule has 0 amide bonds. The Kier molecular flexibility index (Phi) is 8.40. The molecule has 148 valence electrons. The molecule has 0 aliphatic carbocycles. The average Bonchev–Trinajstić information content (AvgIpc) is 2.62. The Bertz CT molecular complexity index is 527. The van der Waals surface area contributed by atoms with Gasteiger partial charge in [0, 0.05) is 18.3 Å². The third-order valence-electron chi connectivity index (χ3n) is 4.88. The number of nitrogen functional groups attached to an aromatic ring is 1. The van der Waals surface area contributed by atoms with Crippen molar-refractivity contribution in [2.24, 2.45) is 0 Å². The summed E-state index contributed by atoms with van der Waals surface area (Å²) in [4.78, 5) is 2.22. The van der Waals surface area contributed by atoms with Gasteiger partial charge in [0.1, 0.15) is 38.5 Å². The van der Waals surface area contributed by atoms with Crippen molar-refractivity contribution in [3.8, 4) is 5.75 Å². The summed E-state index contributed by atoms with van der Waals surface area (Å²) in [5.41, 5.74) is 7.52. The molecule has 0 unspecified atom stereocenters. The van der Waals surface area contributed by atoms with Crippen LogP contribution in [-0.4, -0.2) is 98.7 Å². The molecule has 1 heterocycles. The second-order valence-corrected chi connectivity index (χ2v) is 6.58. The van der Waals surface area contributed by atoms with E-state index >= 15 is 0 Å². The predicted octanol–water partition coefficient (Wildman–Crippen LogP) is -0.722. The minimum Gasteiger partial charge on any atom is -0.489 e. The van der Waals surface area contributed by atoms with Gasteiger partial charge in [0.2, 0.25) is 0 Å². The van der Waals surface area contributed by atoms with E-state index < -0.39 is 0 Å². The molecule has 1 aromatic carbocycles. The fourth-order valence-corrected chi connectivity index (χ4v) is 3.37. The molecule has 0 bridgehead atoms. The van der Waals surface area contributed by atoms with Crippen molar-refractivity contribution in [3.05, 3.63) is 18.2 Å². The van der Waals surface area contributed by atoms with Crippen molar-refractivity contribution in [3.63, 3.8) is 0 Å². The number of benzene rings is 1. The second-order valence-electron chi connectivity index (χ2n) is 6.58. The fraction of sp³-hybridized carbons (Fsp3) is 0.667. The maximum atomic E-state index is 9.29. The summed E-state index contributed by atoms with van der Waals surface area (Å²) in [6.45, 7) is 5.49. The largest absolute Gasteiger partial charge is 0.489 e. The molecule has 1 aromatic rings. The number of nitrogens with two attached hydrogens (primary N) is 1. The number of hydrogen-bond acceptors (Lipinski definition) is 7. The molecule has 1 aliphatic rings. The van der Waals surface area contributed by atoms with E-state index in [1.807, 2.05) is 18.2 Å². The van der Waals surface area contributed by atoms with Gasteiger partial charge in [0.05, 0.1) is 45.3 Å². The van der Waals surface area contributed by atoms with Crippen molar-refractivity contribution < 1.29 is 29.3 Å². The average molecular weight is 370 g/mol. The summed E-state index contributed by atoms with van der Waals surface area (Å²) in [5, 5.41) is 27.9. The molecule has 0 fully saturated rings. The van der Waals surface area contributed by atoms with E-state index in [9.17, 15) is 15.3 Å². The number of aliphatic hydroxyl groups is 3. The van der Waals surface area contributed by atoms with Crippen LogP contribution in [0.5, 0.6) is 5.75 Å². The smallest absolute Gasteiger partial charge is 0.144 e. The Labute approximate surface area is 154 Å². The molecule has 0 aromatic heterocycles. The van der Waals surface area contributed by atoms with E-state index in [1.165, 1.54) is 0 Å². The van der Waals surface area contributed by atoms with Crippen LogP contribution in [0.2, 0.25) is 0 Å². The third-order valence-corrected chi connectivity index (χ3v) is 4.88. The van der Waals surface area contributed by atoms with Crippen LogP contribution < -0.4 is 15.4 Å². The van der Waals surface area contributed by atoms with Crippen LogP contribution >= 0.6 is 0 Å². The summed E-state index contributed by atoms with van der Waals surface area (Å²) in [6, 6.07) is 5.67. The highest BCUT2D eigenvalue weighted by Gasteiger charge is 2.25. The summed E-state index contributed by atoms with van der Waals surface area (Å²) < 4.78 is 11.9. The highest BCUT2D eigenvalue weighted by Crippen LogP contribution is 2.32. The van der Waals surface area contributed by atoms with Crippen LogP contribution in [0.3, 0.4) is 0 Å². The van der Waals surface area contributed by atoms with Gasteiger partial charge >= 0.3 is 0 Å². The van der Waals surface area contributed by atoms with Crippen LogP contribution in [0.25, 0.3) is 0 Å². The van der Waals surface area contributed by atoms with E-state index in [4.69, 9.17) is 15.2 Å². The minimum absolute atomic E-state index is 0.0215. The van der Waals surface area contributed by atoms with Gasteiger partial charge in [-0.3, -0.25) is 0 Å². The molecule has 0 saturated carbocycles. The highest BCUT2D eigenvalue weighted by molar-refractivity contribution is 5.65. The molecule has 26 heavy (non-hydrogen) atoms. The fourth-order valence-electron chi connectivity index (χ4n) is 3.37. The molecule has 0 saturated heterocycles. The first-order chi connectivity index (χ1) is 12.6. The summed E-state index contributed by atoms with van der Waals surface area (Å²) in [5.74, 6) is 0.806. The number of rotatable bonds is 12. The monoisotopic (exact) mass is 370 g/mol. The molecule has 0 atom stereocenters. The SMILES string of the molecule is Nc1ccc2c(c1)OCCN2CCOCC[N+](CCO)(CCO)CCO. The summed E-state index contributed by atoms with van der Waals surface area (Å²) in [7, 11) is 0. The summed E-state index contributed by atoms with van der Waals surface area (Å²) >= 11 is 0. The van der Waals surface area contributed by atoms with Gasteiger partial charge in [-0.05, 0) is 12.1 Å². The Balaban J connectivity index is 1.80. The maximum absolute atomic E-state index is 9.29. The number of hydrogen-bond donors (Lipinski definition) is 4. The molecular formula is C18H32N3O5+. The van der Waals surface area contributed by atoms with Gasteiger partial charge in [-0.1, -0.05) is 0 Å². The normalized spacial score (nSPS) is 14.2. The van der Waals surface area contributed by atoms with Crippen molar-refractivity contribution in [2.45, 2.75) is 0 Å². The van der Waals surface area contributed by atoms with Crippen LogP contribution in [-0.2, 0) is 4.74 Å². The van der Waals surface area contributed by atoms with Gasteiger partial charge in [-0.15, -0.1) is 0 Å². The molecule has 5 N–H and O–H groups in total. The van der Waals surface area contributed by atoms with E-state index in [0.717, 1.165) is 24.5 Å². The van der Waals surface area contributed by atoms with Crippen molar-refractivity contribution >= 4 is 11.4 Å². The molecule has 0 spiro atoms. The number of aliphatic hydroxyl groups excluding tert-OH is 3. The molecule has 8 heteroatoms. The van der Waals surface area contributed by atoms with Gasteiger partial charge < -0.3 is 39.9 Å². The zero-order valence-corrected chi connectivity index (χ0v) is 15.3. The van der Waals surface area contributed by atoms with Gasteiger partial charge in [0.25, 0.3) is 0 Å². The van der Waals surface area contributed by atoms with Gasteiger partial charge in [-0.25, -0.2) is 0 Å². The number of quaternary nitrogens is 1. The van der Waals surface area contributed by atoms with E-state index in [-0.39, 0.29) is 19.8 Å². The van der Waals surface area contributed by atoms with Crippen LogP contribution in [0, 0.1) is 0 Å². The first kappa shape index (κ1) is 20.7. The maximum Gasteiger partial charge on any atom is 0.144 e. The number of nitrogens with zero attached hydrogens (tertiary/aromatic N) is 2. The lowest BCUT2D eigenvalue weighted by molar-refractivity contribution is -0.929. The van der Waals surface area contributed by atoms with Gasteiger partial charge in [0.15, 0.2) is 0 Å². The van der Waals surface area contributed by atoms with Crippen LogP contribution in [0.1, 0.15) is 0 Å². The van der Waals surface area contributed by atoms with Crippen molar-refractivity contribution in [2.75, 3.05) is 89.5 Å². The number of anilines is 2. The molecule has 2 rings (SSSR count). The lowest BCUT2D eigenvalue weighted by Crippen LogP contribution is -2.55. The first-order valence-corrected chi connectivity index (χ1v) is 9.17. The minimum atomic E-state index is 0.0215. The van der Waals surface area contributed by atoms with E-state index in [2.05, 4.69) is 4.90 Å². The van der Waals surface area contributed by atoms with Crippen LogP contribution in [0.4, 0.5) is 11.4 Å². The Morgan fingerprint density at radius 2 is 1.73 bits per heavy atom. The van der Waals surface area contributed by atoms with E-state index in [1.54, 1.807) is 0 Å². The molecule has 0 radical (unpaired) electrons. The second kappa shape index (κ2) is 10.5. The Morgan fingerprint density at radius 1 is 1.04 bits per heavy atom. The third kappa shape index (κ3) is 5.72. The Morgan fingerprint density at radius 3 is 2.38 bits per heavy atom. The molecule has 1 aliphatic heterocycles. The lowest BCUT2D eigenvalue weighted by atomic mass is 10.2. The standard InChI is InChI=1S/C18H32N3O5/c19-16-1-2-17-18(15-16)26-13-4-20(17)3-12-25-14-8-21(5-9-22,6-10-23)7-11-24/h1-2,15,22-24H,3-14,19H2/q+1. The number of ether oxygens (including phenoxy) is 2. The predicted molar refractivity (Wildman–Crippen MR) is 100 cm³/mol. The molecular weight excluding hydrogens is 338 g/mol. The quantitative estimate of drug-likeness (QED) is 0.218. The zero-order chi connectivity index (χ0) is 18.8. The lowest BCUT2D eigenvalue weighted by Gasteiger charge is -2.37. The molecule has 8 nitrogen and oxygen atoms in total. The van der Waals surface area contributed by atoms with Gasteiger partial charge in [-0.2, -0.15) is 0 Å². The van der Waals surface area contributed by atoms with E-state index in [0.29, 0.717) is 56.2 Å². The number of fused-ring (bicyclic) bond motifs is 1. The highest BCUT2D eigenvalue weighted by atomic mass is 16.5. The Hall–Kier alpha value is -1.58. The van der Waals surface area contributed by atoms with Crippen molar-refractivity contribution in [1.82, 2.24) is 0 Å². The summed E-state index contributed by atoms with van der Waals surface area (Å²) in [6.07, 6.45) is 0.